The zero-order valence-corrected chi connectivity index (χ0v) is 11.4. The molecule has 0 aliphatic carbocycles. The Morgan fingerprint density at radius 2 is 2.44 bits per heavy atom. The fourth-order valence-corrected chi connectivity index (χ4v) is 2.04. The van der Waals surface area contributed by atoms with Crippen molar-refractivity contribution in [1.29, 1.82) is 0 Å². The minimum Gasteiger partial charge on any atom is -0.475 e. The topological polar surface area (TPSA) is 43.4 Å². The van der Waals surface area contributed by atoms with Gasteiger partial charge in [-0.05, 0) is 25.5 Å². The molecule has 100 valence electrons. The summed E-state index contributed by atoms with van der Waals surface area (Å²) in [5.74, 6) is 0.614. The molecule has 5 heteroatoms. The van der Waals surface area contributed by atoms with E-state index in [1.807, 2.05) is 13.0 Å². The fraction of sp³-hybridized carbons (Fsp3) is 0.615. The van der Waals surface area contributed by atoms with Crippen LogP contribution in [0.4, 0.5) is 0 Å². The molecule has 0 radical (unpaired) electrons. The van der Waals surface area contributed by atoms with Crippen LogP contribution in [0.1, 0.15) is 25.5 Å². The first-order valence-electron chi connectivity index (χ1n) is 6.40. The molecule has 2 heterocycles. The number of nitrogens with one attached hydrogen (secondary N) is 1. The van der Waals surface area contributed by atoms with E-state index in [-0.39, 0.29) is 6.10 Å². The fourth-order valence-electron chi connectivity index (χ4n) is 1.87. The van der Waals surface area contributed by atoms with Gasteiger partial charge in [0.1, 0.15) is 6.61 Å². The highest BCUT2D eigenvalue weighted by Crippen LogP contribution is 2.19. The molecule has 4 nitrogen and oxygen atoms in total. The highest BCUT2D eigenvalue weighted by Gasteiger charge is 2.16. The molecular weight excluding hydrogens is 252 g/mol. The number of nitrogens with zero attached hydrogens (tertiary/aromatic N) is 1. The number of halogens is 1. The molecule has 1 aliphatic rings. The molecule has 0 aromatic carbocycles. The molecule has 0 saturated carbocycles. The summed E-state index contributed by atoms with van der Waals surface area (Å²) < 4.78 is 11.1. The van der Waals surface area contributed by atoms with Gasteiger partial charge in [0, 0.05) is 19.2 Å². The van der Waals surface area contributed by atoms with Gasteiger partial charge in [-0.1, -0.05) is 18.5 Å². The summed E-state index contributed by atoms with van der Waals surface area (Å²) in [5, 5.41) is 3.87. The molecule has 1 aliphatic heterocycles. The van der Waals surface area contributed by atoms with E-state index in [9.17, 15) is 0 Å². The van der Waals surface area contributed by atoms with Crippen LogP contribution in [-0.2, 0) is 11.3 Å². The smallest absolute Gasteiger partial charge is 0.213 e. The first kappa shape index (κ1) is 13.6. The molecule has 1 atom stereocenters. The lowest BCUT2D eigenvalue weighted by Crippen LogP contribution is -2.18. The molecule has 1 fully saturated rings. The summed E-state index contributed by atoms with van der Waals surface area (Å²) >= 11 is 6.08. The first-order valence-corrected chi connectivity index (χ1v) is 6.78. The SMILES string of the molecule is CCNCc1nc(OCC2CCCO2)ccc1Cl. The van der Waals surface area contributed by atoms with Gasteiger partial charge in [0.15, 0.2) is 0 Å². The molecular formula is C13H19ClN2O2. The minimum absolute atomic E-state index is 0.208. The second-order valence-electron chi connectivity index (χ2n) is 4.30. The third-order valence-electron chi connectivity index (χ3n) is 2.88. The number of ether oxygens (including phenoxy) is 2. The summed E-state index contributed by atoms with van der Waals surface area (Å²) in [5.41, 5.74) is 0.823. The Kier molecular flexibility index (Phi) is 5.23. The van der Waals surface area contributed by atoms with Crippen molar-refractivity contribution >= 4 is 11.6 Å². The van der Waals surface area contributed by atoms with Crippen LogP contribution >= 0.6 is 11.6 Å². The third-order valence-corrected chi connectivity index (χ3v) is 3.22. The van der Waals surface area contributed by atoms with Crippen molar-refractivity contribution in [2.24, 2.45) is 0 Å². The molecule has 1 aromatic rings. The van der Waals surface area contributed by atoms with Gasteiger partial charge in [-0.15, -0.1) is 0 Å². The Morgan fingerprint density at radius 1 is 1.56 bits per heavy atom. The Balaban J connectivity index is 1.91. The van der Waals surface area contributed by atoms with E-state index in [1.54, 1.807) is 6.07 Å². The number of hydrogen-bond acceptors (Lipinski definition) is 4. The number of rotatable bonds is 6. The van der Waals surface area contributed by atoms with E-state index in [0.29, 0.717) is 24.1 Å². The van der Waals surface area contributed by atoms with Crippen molar-refractivity contribution in [2.45, 2.75) is 32.4 Å². The van der Waals surface area contributed by atoms with E-state index < -0.39 is 0 Å². The molecule has 1 aromatic heterocycles. The highest BCUT2D eigenvalue weighted by molar-refractivity contribution is 6.31. The van der Waals surface area contributed by atoms with Crippen molar-refractivity contribution in [3.05, 3.63) is 22.8 Å². The maximum Gasteiger partial charge on any atom is 0.213 e. The summed E-state index contributed by atoms with van der Waals surface area (Å²) in [7, 11) is 0. The summed E-state index contributed by atoms with van der Waals surface area (Å²) in [4.78, 5) is 4.40. The zero-order valence-electron chi connectivity index (χ0n) is 10.6. The number of hydrogen-bond donors (Lipinski definition) is 1. The molecule has 18 heavy (non-hydrogen) atoms. The third kappa shape index (κ3) is 3.83. The molecule has 1 unspecified atom stereocenters. The Hall–Kier alpha value is -0.840. The quantitative estimate of drug-likeness (QED) is 0.862. The van der Waals surface area contributed by atoms with E-state index in [4.69, 9.17) is 21.1 Å². The van der Waals surface area contributed by atoms with Crippen molar-refractivity contribution in [3.8, 4) is 5.88 Å². The Labute approximate surface area is 113 Å². The van der Waals surface area contributed by atoms with E-state index in [2.05, 4.69) is 10.3 Å². The maximum atomic E-state index is 6.08. The lowest BCUT2D eigenvalue weighted by molar-refractivity contribution is 0.0662. The minimum atomic E-state index is 0.208. The Morgan fingerprint density at radius 3 is 3.17 bits per heavy atom. The normalized spacial score (nSPS) is 19.1. The predicted molar refractivity (Wildman–Crippen MR) is 71.1 cm³/mol. The van der Waals surface area contributed by atoms with Gasteiger partial charge in [0.25, 0.3) is 0 Å². The van der Waals surface area contributed by atoms with Crippen molar-refractivity contribution in [2.75, 3.05) is 19.8 Å². The molecule has 1 N–H and O–H groups in total. The van der Waals surface area contributed by atoms with Crippen LogP contribution in [0.15, 0.2) is 12.1 Å². The molecule has 2 rings (SSSR count). The van der Waals surface area contributed by atoms with Crippen molar-refractivity contribution in [1.82, 2.24) is 10.3 Å². The Bertz CT molecular complexity index is 381. The van der Waals surface area contributed by atoms with Gasteiger partial charge >= 0.3 is 0 Å². The molecule has 1 saturated heterocycles. The summed E-state index contributed by atoms with van der Waals surface area (Å²) in [6.07, 6.45) is 2.39. The van der Waals surface area contributed by atoms with Crippen LogP contribution < -0.4 is 10.1 Å². The van der Waals surface area contributed by atoms with Crippen LogP contribution in [0.2, 0.25) is 5.02 Å². The van der Waals surface area contributed by atoms with E-state index >= 15 is 0 Å². The number of aromatic nitrogens is 1. The summed E-state index contributed by atoms with van der Waals surface area (Å²) in [6, 6.07) is 3.62. The molecule has 0 spiro atoms. The van der Waals surface area contributed by atoms with Crippen LogP contribution in [-0.4, -0.2) is 30.8 Å². The molecule has 0 bridgehead atoms. The standard InChI is InChI=1S/C13H19ClN2O2/c1-2-15-8-12-11(14)5-6-13(16-12)18-9-10-4-3-7-17-10/h5-6,10,15H,2-4,7-9H2,1H3. The van der Waals surface area contributed by atoms with Crippen LogP contribution in [0.5, 0.6) is 5.88 Å². The van der Waals surface area contributed by atoms with Gasteiger partial charge in [0.2, 0.25) is 5.88 Å². The second-order valence-corrected chi connectivity index (χ2v) is 4.71. The summed E-state index contributed by atoms with van der Waals surface area (Å²) in [6.45, 7) is 5.00. The molecule has 0 amide bonds. The van der Waals surface area contributed by atoms with Gasteiger partial charge in [-0.2, -0.15) is 0 Å². The largest absolute Gasteiger partial charge is 0.475 e. The first-order chi connectivity index (χ1) is 8.79. The lowest BCUT2D eigenvalue weighted by atomic mass is 10.2. The van der Waals surface area contributed by atoms with Crippen LogP contribution in [0.3, 0.4) is 0 Å². The van der Waals surface area contributed by atoms with Gasteiger partial charge in [-0.3, -0.25) is 0 Å². The maximum absolute atomic E-state index is 6.08. The van der Waals surface area contributed by atoms with Crippen molar-refractivity contribution in [3.63, 3.8) is 0 Å². The average Bonchev–Trinajstić information content (AvgIpc) is 2.89. The predicted octanol–water partition coefficient (Wildman–Crippen LogP) is 2.40. The number of pyridine rings is 1. The van der Waals surface area contributed by atoms with Gasteiger partial charge in [0.05, 0.1) is 16.8 Å². The van der Waals surface area contributed by atoms with Crippen molar-refractivity contribution < 1.29 is 9.47 Å². The van der Waals surface area contributed by atoms with Gasteiger partial charge < -0.3 is 14.8 Å². The average molecular weight is 271 g/mol. The zero-order chi connectivity index (χ0) is 12.8. The van der Waals surface area contributed by atoms with E-state index in [0.717, 1.165) is 31.7 Å². The van der Waals surface area contributed by atoms with E-state index in [1.165, 1.54) is 0 Å². The second kappa shape index (κ2) is 6.92. The van der Waals surface area contributed by atoms with Crippen LogP contribution in [0, 0.1) is 0 Å². The monoisotopic (exact) mass is 270 g/mol. The van der Waals surface area contributed by atoms with Crippen LogP contribution in [0.25, 0.3) is 0 Å². The lowest BCUT2D eigenvalue weighted by Gasteiger charge is -2.12. The highest BCUT2D eigenvalue weighted by atomic mass is 35.5. The van der Waals surface area contributed by atoms with Gasteiger partial charge in [-0.25, -0.2) is 4.98 Å².